The van der Waals surface area contributed by atoms with Crippen molar-refractivity contribution in [2.75, 3.05) is 6.54 Å². The normalized spacial score (nSPS) is 21.7. The summed E-state index contributed by atoms with van der Waals surface area (Å²) in [5.74, 6) is -0.371. The number of hydrogen-bond acceptors (Lipinski definition) is 3. The zero-order chi connectivity index (χ0) is 14.5. The Balaban J connectivity index is 2.13. The van der Waals surface area contributed by atoms with Crippen LogP contribution in [-0.4, -0.2) is 28.5 Å². The van der Waals surface area contributed by atoms with Gasteiger partial charge in [-0.05, 0) is 32.4 Å². The summed E-state index contributed by atoms with van der Waals surface area (Å²) in [5.41, 5.74) is 6.52. The molecule has 0 amide bonds. The highest BCUT2D eigenvalue weighted by Crippen LogP contribution is 2.20. The van der Waals surface area contributed by atoms with Crippen molar-refractivity contribution in [1.29, 1.82) is 0 Å². The molecule has 1 heterocycles. The lowest BCUT2D eigenvalue weighted by Gasteiger charge is -2.27. The van der Waals surface area contributed by atoms with Crippen molar-refractivity contribution in [2.45, 2.75) is 45.2 Å². The molecule has 20 heavy (non-hydrogen) atoms. The van der Waals surface area contributed by atoms with Crippen molar-refractivity contribution < 1.29 is 9.60 Å². The van der Waals surface area contributed by atoms with Crippen LogP contribution in [0.1, 0.15) is 43.7 Å². The van der Waals surface area contributed by atoms with Gasteiger partial charge in [0, 0.05) is 23.7 Å². The van der Waals surface area contributed by atoms with E-state index in [1.807, 2.05) is 0 Å². The van der Waals surface area contributed by atoms with Crippen LogP contribution in [-0.2, 0) is 6.54 Å². The summed E-state index contributed by atoms with van der Waals surface area (Å²) in [7, 11) is 0. The van der Waals surface area contributed by atoms with Crippen molar-refractivity contribution in [2.24, 2.45) is 10.9 Å². The molecule has 2 rings (SSSR count). The van der Waals surface area contributed by atoms with E-state index in [-0.39, 0.29) is 11.7 Å². The fraction of sp³-hybridized carbons (Fsp3) is 0.533. The molecule has 4 nitrogen and oxygen atoms in total. The number of rotatable bonds is 3. The molecule has 1 aromatic carbocycles. The van der Waals surface area contributed by atoms with Crippen molar-refractivity contribution in [1.82, 2.24) is 4.90 Å². The zero-order valence-electron chi connectivity index (χ0n) is 11.8. The zero-order valence-corrected chi connectivity index (χ0v) is 11.8. The standard InChI is InChI=1S/C15H22FN3O/c1-11-5-3-2-4-8-19(11)10-13-7-6-12(9-14(13)16)15(17)18-20/h6-7,9,11,20H,2-5,8,10H2,1H3,(H2,17,18). The highest BCUT2D eigenvalue weighted by Gasteiger charge is 2.18. The Bertz CT molecular complexity index is 490. The number of nitrogens with zero attached hydrogens (tertiary/aromatic N) is 2. The van der Waals surface area contributed by atoms with E-state index in [1.54, 1.807) is 12.1 Å². The second kappa shape index (κ2) is 6.70. The van der Waals surface area contributed by atoms with Crippen LogP contribution in [0.3, 0.4) is 0 Å². The Morgan fingerprint density at radius 1 is 1.45 bits per heavy atom. The van der Waals surface area contributed by atoms with Crippen molar-refractivity contribution >= 4 is 5.84 Å². The second-order valence-corrected chi connectivity index (χ2v) is 5.46. The molecule has 1 atom stereocenters. The van der Waals surface area contributed by atoms with Gasteiger partial charge in [0.1, 0.15) is 5.82 Å². The predicted molar refractivity (Wildman–Crippen MR) is 77.3 cm³/mol. The third-order valence-electron chi connectivity index (χ3n) is 4.02. The van der Waals surface area contributed by atoms with Gasteiger partial charge in [-0.1, -0.05) is 30.1 Å². The van der Waals surface area contributed by atoms with E-state index in [4.69, 9.17) is 10.9 Å². The van der Waals surface area contributed by atoms with Crippen LogP contribution < -0.4 is 5.73 Å². The highest BCUT2D eigenvalue weighted by atomic mass is 19.1. The van der Waals surface area contributed by atoms with Gasteiger partial charge in [0.25, 0.3) is 0 Å². The summed E-state index contributed by atoms with van der Waals surface area (Å²) in [5, 5.41) is 11.5. The molecule has 0 spiro atoms. The fourth-order valence-electron chi connectivity index (χ4n) is 2.68. The van der Waals surface area contributed by atoms with Crippen molar-refractivity contribution in [3.05, 3.63) is 35.1 Å². The molecular formula is C15H22FN3O. The fourth-order valence-corrected chi connectivity index (χ4v) is 2.68. The van der Waals surface area contributed by atoms with E-state index in [0.717, 1.165) is 6.54 Å². The average molecular weight is 279 g/mol. The van der Waals surface area contributed by atoms with E-state index in [9.17, 15) is 4.39 Å². The van der Waals surface area contributed by atoms with Gasteiger partial charge < -0.3 is 10.9 Å². The quantitative estimate of drug-likeness (QED) is 0.387. The molecule has 1 aliphatic rings. The van der Waals surface area contributed by atoms with Crippen LogP contribution in [0, 0.1) is 5.82 Å². The third kappa shape index (κ3) is 3.48. The van der Waals surface area contributed by atoms with E-state index < -0.39 is 0 Å². The maximum absolute atomic E-state index is 14.1. The molecule has 1 unspecified atom stereocenters. The van der Waals surface area contributed by atoms with E-state index in [2.05, 4.69) is 17.0 Å². The van der Waals surface area contributed by atoms with Crippen LogP contribution in [0.15, 0.2) is 23.4 Å². The molecule has 0 bridgehead atoms. The summed E-state index contributed by atoms with van der Waals surface area (Å²) in [4.78, 5) is 2.33. The third-order valence-corrected chi connectivity index (χ3v) is 4.02. The van der Waals surface area contributed by atoms with Crippen LogP contribution >= 0.6 is 0 Å². The van der Waals surface area contributed by atoms with Crippen LogP contribution in [0.2, 0.25) is 0 Å². The van der Waals surface area contributed by atoms with Gasteiger partial charge in [-0.3, -0.25) is 4.90 Å². The number of halogens is 1. The van der Waals surface area contributed by atoms with Gasteiger partial charge in [-0.25, -0.2) is 4.39 Å². The second-order valence-electron chi connectivity index (χ2n) is 5.46. The number of nitrogens with two attached hydrogens (primary N) is 1. The molecule has 1 aromatic rings. The first-order valence-electron chi connectivity index (χ1n) is 7.12. The minimum atomic E-state index is -0.300. The van der Waals surface area contributed by atoms with E-state index >= 15 is 0 Å². The smallest absolute Gasteiger partial charge is 0.170 e. The SMILES string of the molecule is CC1CCCCCN1Cc1ccc(C(N)=NO)cc1F. The number of benzene rings is 1. The molecular weight excluding hydrogens is 257 g/mol. The summed E-state index contributed by atoms with van der Waals surface area (Å²) in [6.07, 6.45) is 4.85. The number of oxime groups is 1. The largest absolute Gasteiger partial charge is 0.409 e. The monoisotopic (exact) mass is 279 g/mol. The number of likely N-dealkylation sites (tertiary alicyclic amines) is 1. The summed E-state index contributed by atoms with van der Waals surface area (Å²) >= 11 is 0. The Morgan fingerprint density at radius 3 is 2.95 bits per heavy atom. The summed E-state index contributed by atoms with van der Waals surface area (Å²) < 4.78 is 14.1. The van der Waals surface area contributed by atoms with Crippen LogP contribution in [0.4, 0.5) is 4.39 Å². The molecule has 0 radical (unpaired) electrons. The topological polar surface area (TPSA) is 61.8 Å². The first-order valence-corrected chi connectivity index (χ1v) is 7.12. The molecule has 5 heteroatoms. The Morgan fingerprint density at radius 2 is 2.25 bits per heavy atom. The van der Waals surface area contributed by atoms with Gasteiger partial charge >= 0.3 is 0 Å². The maximum atomic E-state index is 14.1. The molecule has 0 aliphatic carbocycles. The lowest BCUT2D eigenvalue weighted by atomic mass is 10.1. The summed E-state index contributed by atoms with van der Waals surface area (Å²) in [6.45, 7) is 3.83. The Labute approximate surface area is 119 Å². The molecule has 110 valence electrons. The van der Waals surface area contributed by atoms with Gasteiger partial charge in [-0.15, -0.1) is 0 Å². The van der Waals surface area contributed by atoms with Gasteiger partial charge in [0.05, 0.1) is 0 Å². The average Bonchev–Trinajstić information content (AvgIpc) is 2.65. The van der Waals surface area contributed by atoms with Gasteiger partial charge in [0.15, 0.2) is 5.84 Å². The van der Waals surface area contributed by atoms with Crippen molar-refractivity contribution in [3.8, 4) is 0 Å². The van der Waals surface area contributed by atoms with Gasteiger partial charge in [0.2, 0.25) is 0 Å². The number of hydrogen-bond donors (Lipinski definition) is 2. The maximum Gasteiger partial charge on any atom is 0.170 e. The molecule has 0 aromatic heterocycles. The highest BCUT2D eigenvalue weighted by molar-refractivity contribution is 5.97. The molecule has 1 fully saturated rings. The first-order chi connectivity index (χ1) is 9.61. The van der Waals surface area contributed by atoms with E-state index in [0.29, 0.717) is 23.7 Å². The molecule has 1 aliphatic heterocycles. The van der Waals surface area contributed by atoms with E-state index in [1.165, 1.54) is 31.7 Å². The first kappa shape index (κ1) is 14.8. The molecule has 1 saturated heterocycles. The Kier molecular flexibility index (Phi) is 4.95. The predicted octanol–water partition coefficient (Wildman–Crippen LogP) is 2.68. The van der Waals surface area contributed by atoms with Crippen molar-refractivity contribution in [3.63, 3.8) is 0 Å². The number of amidine groups is 1. The lowest BCUT2D eigenvalue weighted by molar-refractivity contribution is 0.202. The van der Waals surface area contributed by atoms with Gasteiger partial charge in [-0.2, -0.15) is 0 Å². The molecule has 0 saturated carbocycles. The minimum absolute atomic E-state index is 0.0707. The molecule has 3 N–H and O–H groups in total. The minimum Gasteiger partial charge on any atom is -0.409 e. The summed E-state index contributed by atoms with van der Waals surface area (Å²) in [6, 6.07) is 5.23. The van der Waals surface area contributed by atoms with Crippen LogP contribution in [0.25, 0.3) is 0 Å². The van der Waals surface area contributed by atoms with Crippen LogP contribution in [0.5, 0.6) is 0 Å². The Hall–Kier alpha value is -1.62. The lowest BCUT2D eigenvalue weighted by Crippen LogP contribution is -2.32.